The van der Waals surface area contributed by atoms with Crippen LogP contribution >= 0.6 is 0 Å². The topological polar surface area (TPSA) is 29.5 Å². The van der Waals surface area contributed by atoms with Crippen LogP contribution in [0.3, 0.4) is 0 Å². The van der Waals surface area contributed by atoms with E-state index in [2.05, 4.69) is 0 Å². The zero-order valence-electron chi connectivity index (χ0n) is 9.05. The minimum Gasteiger partial charge on any atom is -1.00 e. The first-order valence-corrected chi connectivity index (χ1v) is 6.44. The summed E-state index contributed by atoms with van der Waals surface area (Å²) in [4.78, 5) is 13.5. The molecule has 0 saturated carbocycles. The molecule has 1 amide bonds. The van der Waals surface area contributed by atoms with Crippen molar-refractivity contribution in [1.82, 2.24) is 4.90 Å². The number of nitrogens with zero attached hydrogens (tertiary/aromatic N) is 1. The molecule has 0 aromatic heterocycles. The predicted molar refractivity (Wildman–Crippen MR) is 46.0 cm³/mol. The van der Waals surface area contributed by atoms with Gasteiger partial charge in [-0.05, 0) is 0 Å². The van der Waals surface area contributed by atoms with Crippen molar-refractivity contribution < 1.29 is 40.2 Å². The smallest absolute Gasteiger partial charge is 1.00 e. The van der Waals surface area contributed by atoms with Crippen molar-refractivity contribution in [2.75, 3.05) is 6.54 Å². The number of halogens is 1. The summed E-state index contributed by atoms with van der Waals surface area (Å²) in [5, 5.41) is 0. The largest absolute Gasteiger partial charge is 1.00 e. The van der Waals surface area contributed by atoms with Crippen LogP contribution in [0.4, 0.5) is 4.79 Å². The Morgan fingerprint density at radius 3 is 2.43 bits per heavy atom. The molecular weight excluding hydrogens is 255 g/mol. The van der Waals surface area contributed by atoms with E-state index in [1.807, 2.05) is 25.7 Å². The van der Waals surface area contributed by atoms with Crippen LogP contribution in [0.1, 0.15) is 33.6 Å². The SMILES string of the molecule is CC(C)(C)OC(=O)N1CCC[CH]1[Zn+].[Cl-]. The molecule has 1 unspecified atom stereocenters. The third kappa shape index (κ3) is 4.14. The second kappa shape index (κ2) is 5.32. The molecular formula is C9H16ClNO2Zn. The van der Waals surface area contributed by atoms with Crippen LogP contribution in [-0.2, 0) is 23.0 Å². The van der Waals surface area contributed by atoms with Crippen LogP contribution in [0.15, 0.2) is 0 Å². The quantitative estimate of drug-likeness (QED) is 0.523. The zero-order chi connectivity index (χ0) is 10.1. The average molecular weight is 271 g/mol. The van der Waals surface area contributed by atoms with Gasteiger partial charge in [0.2, 0.25) is 0 Å². The molecule has 0 N–H and O–H groups in total. The molecule has 1 aliphatic rings. The molecule has 78 valence electrons. The molecule has 0 bridgehead atoms. The van der Waals surface area contributed by atoms with Crippen molar-refractivity contribution in [1.29, 1.82) is 0 Å². The van der Waals surface area contributed by atoms with E-state index in [1.165, 1.54) is 0 Å². The van der Waals surface area contributed by atoms with Crippen LogP contribution in [0.2, 0.25) is 0 Å². The second-order valence-electron chi connectivity index (χ2n) is 4.47. The minimum atomic E-state index is -0.362. The monoisotopic (exact) mass is 269 g/mol. The molecule has 0 aliphatic carbocycles. The maximum atomic E-state index is 11.6. The van der Waals surface area contributed by atoms with E-state index in [-0.39, 0.29) is 24.1 Å². The molecule has 1 aliphatic heterocycles. The molecule has 1 heterocycles. The first kappa shape index (κ1) is 14.2. The van der Waals surface area contributed by atoms with Crippen LogP contribution in [0.5, 0.6) is 0 Å². The molecule has 0 spiro atoms. The standard InChI is InChI=1S/C9H16NO2.ClH.Zn/c1-9(2,3)12-8(11)10-6-4-5-7-10;;/h6H,4-5,7H2,1-3H3;1H;/q;;+1/p-1. The number of carbonyl (C=O) groups excluding carboxylic acids is 1. The van der Waals surface area contributed by atoms with Gasteiger partial charge in [-0.2, -0.15) is 0 Å². The Kier molecular flexibility index (Phi) is 5.39. The van der Waals surface area contributed by atoms with Crippen LogP contribution < -0.4 is 12.4 Å². The Bertz CT molecular complexity index is 205. The summed E-state index contributed by atoms with van der Waals surface area (Å²) in [5.74, 6) is 0. The van der Waals surface area contributed by atoms with Gasteiger partial charge in [-0.15, -0.1) is 0 Å². The van der Waals surface area contributed by atoms with E-state index in [9.17, 15) is 4.79 Å². The van der Waals surface area contributed by atoms with Gasteiger partial charge in [-0.1, -0.05) is 0 Å². The third-order valence-corrected chi connectivity index (χ3v) is 3.79. The fraction of sp³-hybridized carbons (Fsp3) is 0.889. The van der Waals surface area contributed by atoms with Gasteiger partial charge in [0.1, 0.15) is 0 Å². The van der Waals surface area contributed by atoms with Crippen molar-refractivity contribution in [3.8, 4) is 0 Å². The molecule has 1 atom stereocenters. The summed E-state index contributed by atoms with van der Waals surface area (Å²) in [5.41, 5.74) is -0.362. The maximum absolute atomic E-state index is 11.6. The number of hydrogen-bond acceptors (Lipinski definition) is 2. The number of rotatable bonds is 0. The van der Waals surface area contributed by atoms with E-state index < -0.39 is 0 Å². The van der Waals surface area contributed by atoms with Crippen molar-refractivity contribution in [3.63, 3.8) is 0 Å². The van der Waals surface area contributed by atoms with E-state index >= 15 is 0 Å². The van der Waals surface area contributed by atoms with Crippen molar-refractivity contribution in [2.24, 2.45) is 0 Å². The average Bonchev–Trinajstić information content (AvgIpc) is 2.30. The van der Waals surface area contributed by atoms with E-state index in [0.717, 1.165) is 37.7 Å². The Labute approximate surface area is 102 Å². The molecule has 0 aromatic rings. The molecule has 0 aromatic carbocycles. The fourth-order valence-electron chi connectivity index (χ4n) is 1.40. The maximum Gasteiger partial charge on any atom is -1.00 e. The number of hydrogen-bond donors (Lipinski definition) is 0. The van der Waals surface area contributed by atoms with Crippen LogP contribution in [0.25, 0.3) is 0 Å². The number of amides is 1. The molecule has 3 nitrogen and oxygen atoms in total. The molecule has 0 radical (unpaired) electrons. The Morgan fingerprint density at radius 1 is 1.50 bits per heavy atom. The van der Waals surface area contributed by atoms with Gasteiger partial charge in [0.05, 0.1) is 0 Å². The number of carbonyl (C=O) groups is 1. The van der Waals surface area contributed by atoms with E-state index in [1.54, 1.807) is 0 Å². The summed E-state index contributed by atoms with van der Waals surface area (Å²) in [7, 11) is 0. The van der Waals surface area contributed by atoms with Crippen molar-refractivity contribution in [3.05, 3.63) is 0 Å². The van der Waals surface area contributed by atoms with Gasteiger partial charge in [0.15, 0.2) is 0 Å². The second-order valence-corrected chi connectivity index (χ2v) is 6.45. The molecule has 5 heteroatoms. The summed E-state index contributed by atoms with van der Waals surface area (Å²) in [6.07, 6.45) is 2.14. The van der Waals surface area contributed by atoms with Gasteiger partial charge in [-0.25, -0.2) is 0 Å². The van der Waals surface area contributed by atoms with E-state index in [0.29, 0.717) is 4.64 Å². The van der Waals surface area contributed by atoms with Crippen LogP contribution in [0, 0.1) is 0 Å². The summed E-state index contributed by atoms with van der Waals surface area (Å²) >= 11 is 1.15. The molecule has 1 fully saturated rings. The van der Waals surface area contributed by atoms with Gasteiger partial charge in [-0.3, -0.25) is 0 Å². The Morgan fingerprint density at radius 2 is 2.07 bits per heavy atom. The van der Waals surface area contributed by atoms with Gasteiger partial charge in [0.25, 0.3) is 0 Å². The first-order valence-electron chi connectivity index (χ1n) is 4.73. The summed E-state index contributed by atoms with van der Waals surface area (Å²) < 4.78 is 5.77. The number of ether oxygens (including phenoxy) is 1. The normalized spacial score (nSPS) is 21.8. The fourth-order valence-corrected chi connectivity index (χ4v) is 2.70. The van der Waals surface area contributed by atoms with Gasteiger partial charge in [0, 0.05) is 0 Å². The van der Waals surface area contributed by atoms with Gasteiger partial charge >= 0.3 is 89.2 Å². The summed E-state index contributed by atoms with van der Waals surface area (Å²) in [6.45, 7) is 6.59. The van der Waals surface area contributed by atoms with Crippen molar-refractivity contribution >= 4 is 6.09 Å². The third-order valence-electron chi connectivity index (χ3n) is 2.01. The minimum absolute atomic E-state index is 0. The van der Waals surface area contributed by atoms with Crippen molar-refractivity contribution in [2.45, 2.75) is 43.9 Å². The first-order chi connectivity index (χ1) is 5.90. The summed E-state index contributed by atoms with van der Waals surface area (Å²) in [6, 6.07) is 0. The number of likely N-dealkylation sites (tertiary alicyclic amines) is 1. The zero-order valence-corrected chi connectivity index (χ0v) is 12.8. The van der Waals surface area contributed by atoms with Crippen LogP contribution in [-0.4, -0.2) is 27.8 Å². The predicted octanol–water partition coefficient (Wildman–Crippen LogP) is -1.11. The van der Waals surface area contributed by atoms with E-state index in [4.69, 9.17) is 4.74 Å². The molecule has 1 saturated heterocycles. The Hall–Kier alpha value is 0.183. The Balaban J connectivity index is 0.00000169. The molecule has 14 heavy (non-hydrogen) atoms. The van der Waals surface area contributed by atoms with Gasteiger partial charge < -0.3 is 12.4 Å². The molecule has 1 rings (SSSR count).